The molecule has 2 atom stereocenters. The number of ether oxygens (including phenoxy) is 1. The van der Waals surface area contributed by atoms with E-state index in [0.717, 1.165) is 19.4 Å². The Morgan fingerprint density at radius 2 is 1.68 bits per heavy atom. The fraction of sp³-hybridized carbons (Fsp3) is 0.647. The maximum atomic E-state index is 5.79. The summed E-state index contributed by atoms with van der Waals surface area (Å²) < 4.78 is 5.79. The van der Waals surface area contributed by atoms with Crippen LogP contribution >= 0.6 is 0 Å². The minimum atomic E-state index is 0.173. The van der Waals surface area contributed by atoms with Crippen molar-refractivity contribution in [3.05, 3.63) is 35.9 Å². The van der Waals surface area contributed by atoms with Gasteiger partial charge in [0.2, 0.25) is 0 Å². The van der Waals surface area contributed by atoms with Crippen LogP contribution in [0.1, 0.15) is 46.1 Å². The van der Waals surface area contributed by atoms with Gasteiger partial charge in [-0.3, -0.25) is 0 Å². The molecule has 1 aliphatic rings. The lowest BCUT2D eigenvalue weighted by Crippen LogP contribution is -2.45. The number of benzene rings is 1. The van der Waals surface area contributed by atoms with Crippen molar-refractivity contribution in [3.8, 4) is 0 Å². The van der Waals surface area contributed by atoms with E-state index in [-0.39, 0.29) is 5.41 Å². The first-order valence-electron chi connectivity index (χ1n) is 7.42. The Kier molecular flexibility index (Phi) is 4.64. The molecule has 2 heteroatoms. The van der Waals surface area contributed by atoms with Crippen LogP contribution in [0.25, 0.3) is 0 Å². The van der Waals surface area contributed by atoms with Gasteiger partial charge in [0.05, 0.1) is 12.2 Å². The average Bonchev–Trinajstić information content (AvgIpc) is 2.37. The molecule has 1 aromatic rings. The molecule has 0 amide bonds. The van der Waals surface area contributed by atoms with Crippen LogP contribution < -0.4 is 5.32 Å². The monoisotopic (exact) mass is 261 g/mol. The first kappa shape index (κ1) is 14.5. The first-order valence-corrected chi connectivity index (χ1v) is 7.42. The third-order valence-electron chi connectivity index (χ3n) is 4.09. The Morgan fingerprint density at radius 1 is 1.11 bits per heavy atom. The van der Waals surface area contributed by atoms with Gasteiger partial charge in [-0.25, -0.2) is 0 Å². The molecule has 0 radical (unpaired) electrons. The number of nitrogens with one attached hydrogen (secondary N) is 1. The van der Waals surface area contributed by atoms with Crippen molar-refractivity contribution in [2.75, 3.05) is 6.54 Å². The molecule has 0 aromatic heterocycles. The second-order valence-electron chi connectivity index (χ2n) is 6.56. The number of hydrogen-bond donors (Lipinski definition) is 1. The molecular weight excluding hydrogens is 234 g/mol. The highest BCUT2D eigenvalue weighted by atomic mass is 16.5. The molecule has 2 rings (SSSR count). The summed E-state index contributed by atoms with van der Waals surface area (Å²) in [6.07, 6.45) is 2.99. The van der Waals surface area contributed by atoms with Crippen LogP contribution in [-0.2, 0) is 10.2 Å². The van der Waals surface area contributed by atoms with Crippen molar-refractivity contribution < 1.29 is 4.74 Å². The molecule has 1 fully saturated rings. The van der Waals surface area contributed by atoms with Gasteiger partial charge >= 0.3 is 0 Å². The molecule has 0 saturated carbocycles. The lowest BCUT2D eigenvalue weighted by Gasteiger charge is -2.35. The van der Waals surface area contributed by atoms with Crippen LogP contribution in [0.5, 0.6) is 0 Å². The molecule has 0 aliphatic carbocycles. The highest BCUT2D eigenvalue weighted by molar-refractivity contribution is 5.23. The van der Waals surface area contributed by atoms with E-state index in [1.807, 2.05) is 0 Å². The van der Waals surface area contributed by atoms with Gasteiger partial charge in [-0.05, 0) is 32.3 Å². The van der Waals surface area contributed by atoms with Crippen LogP contribution in [0.2, 0.25) is 0 Å². The topological polar surface area (TPSA) is 21.3 Å². The van der Waals surface area contributed by atoms with E-state index in [1.165, 1.54) is 5.56 Å². The standard InChI is InChI=1S/C17H27NO/c1-13-10-16(11-14(2)19-13)18-12-17(3,4)15-8-6-5-7-9-15/h5-9,13-14,16,18H,10-12H2,1-4H3. The van der Waals surface area contributed by atoms with Crippen LogP contribution in [0.3, 0.4) is 0 Å². The van der Waals surface area contributed by atoms with Gasteiger partial charge in [-0.2, -0.15) is 0 Å². The summed E-state index contributed by atoms with van der Waals surface area (Å²) in [4.78, 5) is 0. The maximum absolute atomic E-state index is 5.79. The van der Waals surface area contributed by atoms with Gasteiger partial charge in [0.15, 0.2) is 0 Å². The number of hydrogen-bond acceptors (Lipinski definition) is 2. The third kappa shape index (κ3) is 4.05. The highest BCUT2D eigenvalue weighted by Gasteiger charge is 2.27. The molecule has 106 valence electrons. The molecule has 1 N–H and O–H groups in total. The lowest BCUT2D eigenvalue weighted by molar-refractivity contribution is -0.0425. The van der Waals surface area contributed by atoms with E-state index in [1.54, 1.807) is 0 Å². The molecule has 2 unspecified atom stereocenters. The molecule has 0 bridgehead atoms. The molecular formula is C17H27NO. The Labute approximate surface area is 117 Å². The van der Waals surface area contributed by atoms with Crippen LogP contribution in [0.4, 0.5) is 0 Å². The Morgan fingerprint density at radius 3 is 2.26 bits per heavy atom. The predicted octanol–water partition coefficient (Wildman–Crippen LogP) is 3.51. The van der Waals surface area contributed by atoms with E-state index < -0.39 is 0 Å². The minimum absolute atomic E-state index is 0.173. The second kappa shape index (κ2) is 6.06. The van der Waals surface area contributed by atoms with Gasteiger partial charge in [0, 0.05) is 18.0 Å². The average molecular weight is 261 g/mol. The normalized spacial score (nSPS) is 28.3. The summed E-state index contributed by atoms with van der Waals surface area (Å²) in [6.45, 7) is 9.98. The summed E-state index contributed by atoms with van der Waals surface area (Å²) in [5.41, 5.74) is 1.57. The van der Waals surface area contributed by atoms with E-state index in [4.69, 9.17) is 4.74 Å². The first-order chi connectivity index (χ1) is 8.97. The van der Waals surface area contributed by atoms with Crippen molar-refractivity contribution >= 4 is 0 Å². The summed E-state index contributed by atoms with van der Waals surface area (Å²) >= 11 is 0. The molecule has 1 aliphatic heterocycles. The van der Waals surface area contributed by atoms with Crippen LogP contribution in [-0.4, -0.2) is 24.8 Å². The van der Waals surface area contributed by atoms with Gasteiger partial charge in [-0.15, -0.1) is 0 Å². The van der Waals surface area contributed by atoms with Crippen molar-refractivity contribution in [3.63, 3.8) is 0 Å². The fourth-order valence-electron chi connectivity index (χ4n) is 2.96. The zero-order valence-corrected chi connectivity index (χ0v) is 12.6. The van der Waals surface area contributed by atoms with Gasteiger partial charge in [-0.1, -0.05) is 44.2 Å². The van der Waals surface area contributed by atoms with E-state index in [0.29, 0.717) is 18.2 Å². The zero-order chi connectivity index (χ0) is 13.9. The van der Waals surface area contributed by atoms with Crippen molar-refractivity contribution in [2.24, 2.45) is 0 Å². The van der Waals surface area contributed by atoms with Gasteiger partial charge < -0.3 is 10.1 Å². The Hall–Kier alpha value is -0.860. The van der Waals surface area contributed by atoms with Crippen LogP contribution in [0.15, 0.2) is 30.3 Å². The molecule has 2 nitrogen and oxygen atoms in total. The minimum Gasteiger partial charge on any atom is -0.375 e. The van der Waals surface area contributed by atoms with E-state index in [9.17, 15) is 0 Å². The lowest BCUT2D eigenvalue weighted by atomic mass is 9.84. The molecule has 1 aromatic carbocycles. The highest BCUT2D eigenvalue weighted by Crippen LogP contribution is 2.24. The largest absolute Gasteiger partial charge is 0.375 e. The van der Waals surface area contributed by atoms with Crippen molar-refractivity contribution in [1.29, 1.82) is 0 Å². The quantitative estimate of drug-likeness (QED) is 0.895. The SMILES string of the molecule is CC1CC(NCC(C)(C)c2ccccc2)CC(C)O1. The number of rotatable bonds is 4. The molecule has 0 spiro atoms. The summed E-state index contributed by atoms with van der Waals surface area (Å²) in [7, 11) is 0. The van der Waals surface area contributed by atoms with Crippen molar-refractivity contribution in [2.45, 2.75) is 64.2 Å². The molecule has 19 heavy (non-hydrogen) atoms. The smallest absolute Gasteiger partial charge is 0.0565 e. The van der Waals surface area contributed by atoms with E-state index >= 15 is 0 Å². The maximum Gasteiger partial charge on any atom is 0.0565 e. The van der Waals surface area contributed by atoms with E-state index in [2.05, 4.69) is 63.3 Å². The van der Waals surface area contributed by atoms with Gasteiger partial charge in [0.1, 0.15) is 0 Å². The van der Waals surface area contributed by atoms with Crippen LogP contribution in [0, 0.1) is 0 Å². The zero-order valence-electron chi connectivity index (χ0n) is 12.6. The third-order valence-corrected chi connectivity index (χ3v) is 4.09. The molecule has 1 saturated heterocycles. The Balaban J connectivity index is 1.91. The summed E-state index contributed by atoms with van der Waals surface area (Å²) in [5.74, 6) is 0. The summed E-state index contributed by atoms with van der Waals surface area (Å²) in [5, 5.41) is 3.74. The predicted molar refractivity (Wildman–Crippen MR) is 80.5 cm³/mol. The fourth-order valence-corrected chi connectivity index (χ4v) is 2.96. The molecule has 1 heterocycles. The van der Waals surface area contributed by atoms with Crippen molar-refractivity contribution in [1.82, 2.24) is 5.32 Å². The summed E-state index contributed by atoms with van der Waals surface area (Å²) in [6, 6.07) is 11.3. The Bertz CT molecular complexity index is 378. The van der Waals surface area contributed by atoms with Gasteiger partial charge in [0.25, 0.3) is 0 Å². The second-order valence-corrected chi connectivity index (χ2v) is 6.56.